The van der Waals surface area contributed by atoms with Crippen LogP contribution in [0.5, 0.6) is 0 Å². The van der Waals surface area contributed by atoms with Crippen LogP contribution in [0, 0.1) is 22.5 Å². The smallest absolute Gasteiger partial charge is 0.192 e. The minimum absolute atomic E-state index is 0.322. The van der Waals surface area contributed by atoms with Crippen LogP contribution >= 0.6 is 0 Å². The highest BCUT2D eigenvalue weighted by Crippen LogP contribution is 2.24. The van der Waals surface area contributed by atoms with Gasteiger partial charge in [-0.2, -0.15) is 5.26 Å². The first-order valence-corrected chi connectivity index (χ1v) is 9.56. The molecule has 25 heavy (non-hydrogen) atoms. The summed E-state index contributed by atoms with van der Waals surface area (Å²) in [5, 5.41) is 11.9. The molecule has 3 aromatic rings. The quantitative estimate of drug-likeness (QED) is 0.514. The van der Waals surface area contributed by atoms with Crippen molar-refractivity contribution in [1.82, 2.24) is 0 Å². The standard InChI is InChI=1S/C22H16NOS/c23-17-20-11-13-21(14-12-20)18-25(24,22-9-5-2-6-10-22)16-15-19-7-3-1-4-8-19/h1-14H,18H2/q+1. The van der Waals surface area contributed by atoms with E-state index in [1.54, 1.807) is 12.1 Å². The molecule has 0 saturated carbocycles. The third-order valence-corrected chi connectivity index (χ3v) is 5.92. The molecule has 2 nitrogen and oxygen atoms in total. The minimum atomic E-state index is -2.58. The van der Waals surface area contributed by atoms with E-state index in [1.165, 1.54) is 0 Å². The molecule has 120 valence electrons. The van der Waals surface area contributed by atoms with Crippen molar-refractivity contribution in [3.05, 3.63) is 102 Å². The van der Waals surface area contributed by atoms with Crippen molar-refractivity contribution in [2.75, 3.05) is 0 Å². The van der Waals surface area contributed by atoms with Gasteiger partial charge in [-0.15, -0.1) is 0 Å². The maximum absolute atomic E-state index is 13.6. The molecule has 0 aromatic heterocycles. The summed E-state index contributed by atoms with van der Waals surface area (Å²) >= 11 is 0. The average molecular weight is 342 g/mol. The van der Waals surface area contributed by atoms with Gasteiger partial charge in [0.2, 0.25) is 0 Å². The predicted molar refractivity (Wildman–Crippen MR) is 101 cm³/mol. The summed E-state index contributed by atoms with van der Waals surface area (Å²) in [5.41, 5.74) is 2.33. The molecule has 0 bridgehead atoms. The van der Waals surface area contributed by atoms with Gasteiger partial charge in [0, 0.05) is 11.1 Å². The fourth-order valence-corrected chi connectivity index (χ4v) is 4.29. The van der Waals surface area contributed by atoms with E-state index >= 15 is 0 Å². The molecule has 0 amide bonds. The largest absolute Gasteiger partial charge is 0.197 e. The second kappa shape index (κ2) is 7.62. The van der Waals surface area contributed by atoms with E-state index in [1.807, 2.05) is 72.8 Å². The van der Waals surface area contributed by atoms with E-state index in [-0.39, 0.29) is 0 Å². The van der Waals surface area contributed by atoms with Crippen LogP contribution in [-0.4, -0.2) is 0 Å². The Balaban J connectivity index is 1.99. The first kappa shape index (κ1) is 16.7. The van der Waals surface area contributed by atoms with E-state index in [0.29, 0.717) is 11.3 Å². The lowest BCUT2D eigenvalue weighted by Crippen LogP contribution is -2.12. The Morgan fingerprint density at radius 2 is 1.36 bits per heavy atom. The highest BCUT2D eigenvalue weighted by atomic mass is 32.2. The maximum atomic E-state index is 13.6. The van der Waals surface area contributed by atoms with Gasteiger partial charge >= 0.3 is 0 Å². The van der Waals surface area contributed by atoms with Crippen molar-refractivity contribution in [2.24, 2.45) is 0 Å². The topological polar surface area (TPSA) is 40.9 Å². The second-order valence-corrected chi connectivity index (χ2v) is 7.85. The summed E-state index contributed by atoms with van der Waals surface area (Å²) in [7, 11) is -2.58. The fourth-order valence-electron chi connectivity index (χ4n) is 2.39. The normalized spacial score (nSPS) is 12.3. The Morgan fingerprint density at radius 1 is 0.760 bits per heavy atom. The van der Waals surface area contributed by atoms with E-state index in [0.717, 1.165) is 16.0 Å². The zero-order valence-electron chi connectivity index (χ0n) is 13.6. The monoisotopic (exact) mass is 342 g/mol. The number of hydrogen-bond donors (Lipinski definition) is 0. The number of benzene rings is 3. The third-order valence-electron chi connectivity index (χ3n) is 3.71. The average Bonchev–Trinajstić information content (AvgIpc) is 2.68. The van der Waals surface area contributed by atoms with Crippen LogP contribution in [0.4, 0.5) is 0 Å². The van der Waals surface area contributed by atoms with Gasteiger partial charge in [0.05, 0.1) is 11.6 Å². The van der Waals surface area contributed by atoms with E-state index in [9.17, 15) is 4.21 Å². The summed E-state index contributed by atoms with van der Waals surface area (Å²) in [6, 6.07) is 28.2. The van der Waals surface area contributed by atoms with Gasteiger partial charge in [-0.1, -0.05) is 52.7 Å². The van der Waals surface area contributed by atoms with Gasteiger partial charge in [0.25, 0.3) is 0 Å². The van der Waals surface area contributed by atoms with Gasteiger partial charge in [-0.05, 0) is 42.3 Å². The van der Waals surface area contributed by atoms with Crippen molar-refractivity contribution in [1.29, 1.82) is 5.26 Å². The second-order valence-electron chi connectivity index (χ2n) is 5.53. The lowest BCUT2D eigenvalue weighted by atomic mass is 10.2. The van der Waals surface area contributed by atoms with Crippen molar-refractivity contribution < 1.29 is 4.21 Å². The minimum Gasteiger partial charge on any atom is -0.192 e. The van der Waals surface area contributed by atoms with E-state index < -0.39 is 9.93 Å². The molecule has 0 saturated heterocycles. The first-order chi connectivity index (χ1) is 12.2. The first-order valence-electron chi connectivity index (χ1n) is 7.83. The van der Waals surface area contributed by atoms with Crippen molar-refractivity contribution in [3.63, 3.8) is 0 Å². The molecule has 0 spiro atoms. The fraction of sp³-hybridized carbons (Fsp3) is 0.0455. The number of nitriles is 1. The zero-order chi connectivity index (χ0) is 17.5. The van der Waals surface area contributed by atoms with Crippen LogP contribution in [0.25, 0.3) is 0 Å². The highest BCUT2D eigenvalue weighted by Gasteiger charge is 2.30. The lowest BCUT2D eigenvalue weighted by Gasteiger charge is -2.05. The van der Waals surface area contributed by atoms with Crippen LogP contribution in [0.1, 0.15) is 16.7 Å². The van der Waals surface area contributed by atoms with Gasteiger partial charge in [-0.25, -0.2) is 0 Å². The summed E-state index contributed by atoms with van der Waals surface area (Å²) in [6.45, 7) is 0. The number of hydrogen-bond acceptors (Lipinski definition) is 2. The molecule has 1 atom stereocenters. The van der Waals surface area contributed by atoms with Crippen molar-refractivity contribution in [3.8, 4) is 17.2 Å². The Kier molecular flexibility index (Phi) is 5.09. The molecule has 1 unspecified atom stereocenters. The van der Waals surface area contributed by atoms with Gasteiger partial charge in [0.15, 0.2) is 25.8 Å². The molecular weight excluding hydrogens is 326 g/mol. The summed E-state index contributed by atoms with van der Waals surface area (Å²) in [6.07, 6.45) is 0. The SMILES string of the molecule is N#Cc1ccc(C[S+](=O)(C#Cc2ccccc2)c2ccccc2)cc1. The summed E-state index contributed by atoms with van der Waals surface area (Å²) < 4.78 is 13.6. The Labute approximate surface area is 149 Å². The Morgan fingerprint density at radius 3 is 1.96 bits per heavy atom. The Hall–Kier alpha value is -3.14. The number of rotatable bonds is 3. The molecule has 0 radical (unpaired) electrons. The molecule has 3 heteroatoms. The molecule has 0 aliphatic rings. The summed E-state index contributed by atoms with van der Waals surface area (Å²) in [5.74, 6) is 3.37. The molecule has 0 fully saturated rings. The molecule has 0 aliphatic heterocycles. The maximum Gasteiger partial charge on any atom is 0.197 e. The highest BCUT2D eigenvalue weighted by molar-refractivity contribution is 8.06. The predicted octanol–water partition coefficient (Wildman–Crippen LogP) is 4.63. The molecule has 0 heterocycles. The summed E-state index contributed by atoms with van der Waals surface area (Å²) in [4.78, 5) is 0.725. The van der Waals surface area contributed by atoms with Crippen LogP contribution < -0.4 is 0 Å². The van der Waals surface area contributed by atoms with Crippen LogP contribution in [0.15, 0.2) is 89.8 Å². The van der Waals surface area contributed by atoms with E-state index in [2.05, 4.69) is 17.2 Å². The van der Waals surface area contributed by atoms with Crippen LogP contribution in [0.2, 0.25) is 0 Å². The van der Waals surface area contributed by atoms with E-state index in [4.69, 9.17) is 5.26 Å². The zero-order valence-corrected chi connectivity index (χ0v) is 14.4. The Bertz CT molecular complexity index is 991. The lowest BCUT2D eigenvalue weighted by molar-refractivity contribution is 0.590. The van der Waals surface area contributed by atoms with Gasteiger partial charge in [0.1, 0.15) is 0 Å². The van der Waals surface area contributed by atoms with Crippen molar-refractivity contribution in [2.45, 2.75) is 10.6 Å². The number of nitrogens with zero attached hydrogens (tertiary/aromatic N) is 1. The van der Waals surface area contributed by atoms with Crippen molar-refractivity contribution >= 4 is 9.93 Å². The molecule has 3 rings (SSSR count). The molecule has 0 N–H and O–H groups in total. The molecule has 3 aromatic carbocycles. The van der Waals surface area contributed by atoms with Gasteiger partial charge in [-0.3, -0.25) is 0 Å². The van der Waals surface area contributed by atoms with Crippen LogP contribution in [0.3, 0.4) is 0 Å². The van der Waals surface area contributed by atoms with Crippen LogP contribution in [-0.2, 0) is 19.9 Å². The molecular formula is C22H16NOS+. The third kappa shape index (κ3) is 4.23. The molecule has 0 aliphatic carbocycles. The van der Waals surface area contributed by atoms with Gasteiger partial charge < -0.3 is 0 Å².